The molecule has 0 spiro atoms. The molecule has 1 saturated heterocycles. The zero-order valence-electron chi connectivity index (χ0n) is 20.0. The van der Waals surface area contributed by atoms with E-state index >= 15 is 0 Å². The van der Waals surface area contributed by atoms with Gasteiger partial charge in [-0.25, -0.2) is 4.68 Å². The fourth-order valence-electron chi connectivity index (χ4n) is 5.48. The number of hydrogen-bond acceptors (Lipinski definition) is 5. The van der Waals surface area contributed by atoms with Crippen LogP contribution in [-0.4, -0.2) is 53.1 Å². The third-order valence-electron chi connectivity index (χ3n) is 7.38. The van der Waals surface area contributed by atoms with Crippen molar-refractivity contribution < 1.29 is 14.3 Å². The van der Waals surface area contributed by atoms with Crippen molar-refractivity contribution >= 4 is 5.91 Å². The minimum Gasteiger partial charge on any atom is -0.454 e. The van der Waals surface area contributed by atoms with Crippen LogP contribution in [0.25, 0.3) is 5.69 Å². The molecule has 3 aromatic rings. The SMILES string of the molecule is O=C(c1c2c(nn1-c1ccccc1)CCC(NCCc1ccc3c(c1)OCO3)C2)N1CCCCC1. The van der Waals surface area contributed by atoms with Crippen LogP contribution in [0.2, 0.25) is 0 Å². The Morgan fingerprint density at radius 1 is 1.03 bits per heavy atom. The Bertz CT molecular complexity index is 1200. The maximum absolute atomic E-state index is 13.7. The summed E-state index contributed by atoms with van der Waals surface area (Å²) in [6.07, 6.45) is 7.03. The van der Waals surface area contributed by atoms with Crippen molar-refractivity contribution in [2.75, 3.05) is 26.4 Å². The third kappa shape index (κ3) is 4.52. The van der Waals surface area contributed by atoms with Crippen molar-refractivity contribution in [3.8, 4) is 17.2 Å². The highest BCUT2D eigenvalue weighted by molar-refractivity contribution is 5.95. The largest absolute Gasteiger partial charge is 0.454 e. The number of likely N-dealkylation sites (tertiary alicyclic amines) is 1. The smallest absolute Gasteiger partial charge is 0.272 e. The molecule has 6 rings (SSSR count). The van der Waals surface area contributed by atoms with E-state index in [-0.39, 0.29) is 5.91 Å². The lowest BCUT2D eigenvalue weighted by atomic mass is 9.91. The second-order valence-corrected chi connectivity index (χ2v) is 9.71. The molecule has 0 bridgehead atoms. The maximum Gasteiger partial charge on any atom is 0.272 e. The molecule has 2 aliphatic heterocycles. The highest BCUT2D eigenvalue weighted by Gasteiger charge is 2.32. The van der Waals surface area contributed by atoms with E-state index in [4.69, 9.17) is 14.6 Å². The molecule has 2 aromatic carbocycles. The molecule has 1 fully saturated rings. The normalized spacial score (nSPS) is 19.0. The number of nitrogens with one attached hydrogen (secondary N) is 1. The van der Waals surface area contributed by atoms with E-state index < -0.39 is 0 Å². The van der Waals surface area contributed by atoms with Crippen LogP contribution >= 0.6 is 0 Å². The van der Waals surface area contributed by atoms with Crippen LogP contribution in [0.15, 0.2) is 48.5 Å². The number of ether oxygens (including phenoxy) is 2. The molecule has 1 amide bonds. The monoisotopic (exact) mass is 472 g/mol. The quantitative estimate of drug-likeness (QED) is 0.589. The van der Waals surface area contributed by atoms with Gasteiger partial charge in [0.2, 0.25) is 6.79 Å². The average Bonchev–Trinajstić information content (AvgIpc) is 3.53. The van der Waals surface area contributed by atoms with Gasteiger partial charge in [0, 0.05) is 24.7 Å². The van der Waals surface area contributed by atoms with E-state index in [9.17, 15) is 4.79 Å². The summed E-state index contributed by atoms with van der Waals surface area (Å²) in [5.74, 6) is 1.78. The summed E-state index contributed by atoms with van der Waals surface area (Å²) >= 11 is 0. The van der Waals surface area contributed by atoms with E-state index in [1.165, 1.54) is 12.0 Å². The first-order valence-corrected chi connectivity index (χ1v) is 12.8. The van der Waals surface area contributed by atoms with Gasteiger partial charge in [0.05, 0.1) is 11.4 Å². The summed E-state index contributed by atoms with van der Waals surface area (Å²) in [5, 5.41) is 8.69. The van der Waals surface area contributed by atoms with Gasteiger partial charge in [-0.3, -0.25) is 4.79 Å². The fraction of sp³-hybridized carbons (Fsp3) is 0.429. The van der Waals surface area contributed by atoms with Gasteiger partial charge in [-0.2, -0.15) is 5.10 Å². The second kappa shape index (κ2) is 9.74. The Balaban J connectivity index is 1.20. The van der Waals surface area contributed by atoms with E-state index in [0.29, 0.717) is 12.8 Å². The number of rotatable bonds is 6. The van der Waals surface area contributed by atoms with Crippen molar-refractivity contribution in [3.63, 3.8) is 0 Å². The van der Waals surface area contributed by atoms with Crippen molar-refractivity contribution in [1.82, 2.24) is 20.0 Å². The summed E-state index contributed by atoms with van der Waals surface area (Å²) in [6.45, 7) is 2.86. The van der Waals surface area contributed by atoms with E-state index in [2.05, 4.69) is 17.4 Å². The second-order valence-electron chi connectivity index (χ2n) is 9.71. The van der Waals surface area contributed by atoms with E-state index in [1.54, 1.807) is 0 Å². The molecule has 1 N–H and O–H groups in total. The fourth-order valence-corrected chi connectivity index (χ4v) is 5.48. The number of amides is 1. The summed E-state index contributed by atoms with van der Waals surface area (Å²) in [5.41, 5.74) is 5.14. The highest BCUT2D eigenvalue weighted by atomic mass is 16.7. The van der Waals surface area contributed by atoms with Crippen LogP contribution < -0.4 is 14.8 Å². The number of carbonyl (C=O) groups excluding carboxylic acids is 1. The molecular formula is C28H32N4O3. The van der Waals surface area contributed by atoms with Crippen molar-refractivity contribution in [3.05, 3.63) is 71.0 Å². The molecular weight excluding hydrogens is 440 g/mol. The first-order chi connectivity index (χ1) is 17.3. The zero-order chi connectivity index (χ0) is 23.6. The molecule has 0 saturated carbocycles. The van der Waals surface area contributed by atoms with Crippen LogP contribution in [0, 0.1) is 0 Å². The van der Waals surface area contributed by atoms with Crippen LogP contribution in [0.3, 0.4) is 0 Å². The molecule has 7 heteroatoms. The minimum absolute atomic E-state index is 0.128. The van der Waals surface area contributed by atoms with Crippen molar-refractivity contribution in [2.45, 2.75) is 51.0 Å². The molecule has 7 nitrogen and oxygen atoms in total. The number of aromatic nitrogens is 2. The molecule has 1 aliphatic carbocycles. The Kier molecular flexibility index (Phi) is 6.17. The first-order valence-electron chi connectivity index (χ1n) is 12.8. The Morgan fingerprint density at radius 3 is 2.71 bits per heavy atom. The Morgan fingerprint density at radius 2 is 1.86 bits per heavy atom. The number of para-hydroxylation sites is 1. The van der Waals surface area contributed by atoms with Gasteiger partial charge in [-0.1, -0.05) is 24.3 Å². The third-order valence-corrected chi connectivity index (χ3v) is 7.38. The molecule has 182 valence electrons. The summed E-state index contributed by atoms with van der Waals surface area (Å²) in [7, 11) is 0. The van der Waals surface area contributed by atoms with Crippen LogP contribution in [0.5, 0.6) is 11.5 Å². The van der Waals surface area contributed by atoms with Gasteiger partial charge in [0.1, 0.15) is 5.69 Å². The molecule has 0 radical (unpaired) electrons. The van der Waals surface area contributed by atoms with Gasteiger partial charge < -0.3 is 19.7 Å². The molecule has 3 aliphatic rings. The number of piperidine rings is 1. The molecule has 1 atom stereocenters. The number of hydrogen-bond donors (Lipinski definition) is 1. The summed E-state index contributed by atoms with van der Waals surface area (Å²) in [6, 6.07) is 16.6. The van der Waals surface area contributed by atoms with Gasteiger partial charge in [-0.15, -0.1) is 0 Å². The van der Waals surface area contributed by atoms with Crippen LogP contribution in [0.1, 0.15) is 53.0 Å². The topological polar surface area (TPSA) is 68.6 Å². The first kappa shape index (κ1) is 22.2. The molecule has 1 unspecified atom stereocenters. The molecule has 3 heterocycles. The number of fused-ring (bicyclic) bond motifs is 2. The number of carbonyl (C=O) groups is 1. The average molecular weight is 473 g/mol. The number of aryl methyl sites for hydroxylation is 1. The van der Waals surface area contributed by atoms with Gasteiger partial charge in [-0.05, 0) is 81.3 Å². The lowest BCUT2D eigenvalue weighted by Gasteiger charge is -2.28. The molecule has 1 aromatic heterocycles. The summed E-state index contributed by atoms with van der Waals surface area (Å²) in [4.78, 5) is 15.8. The zero-order valence-corrected chi connectivity index (χ0v) is 20.0. The predicted molar refractivity (Wildman–Crippen MR) is 133 cm³/mol. The van der Waals surface area contributed by atoms with E-state index in [1.807, 2.05) is 46.0 Å². The van der Waals surface area contributed by atoms with Gasteiger partial charge in [0.15, 0.2) is 11.5 Å². The van der Waals surface area contributed by atoms with Crippen molar-refractivity contribution in [1.29, 1.82) is 0 Å². The van der Waals surface area contributed by atoms with Crippen LogP contribution in [0.4, 0.5) is 0 Å². The van der Waals surface area contributed by atoms with Gasteiger partial charge >= 0.3 is 0 Å². The maximum atomic E-state index is 13.7. The Labute approximate surface area is 206 Å². The minimum atomic E-state index is 0.128. The number of benzene rings is 2. The van der Waals surface area contributed by atoms with Crippen LogP contribution in [-0.2, 0) is 19.3 Å². The van der Waals surface area contributed by atoms with Gasteiger partial charge in [0.25, 0.3) is 5.91 Å². The molecule has 35 heavy (non-hydrogen) atoms. The standard InChI is InChI=1S/C28H32N4O3/c33-28(31-15-5-2-6-16-31)27-23-18-21(10-11-24(23)30-32(27)22-7-3-1-4-8-22)29-14-13-20-9-12-25-26(17-20)35-19-34-25/h1,3-4,7-9,12,17,21,29H,2,5-6,10-11,13-16,18-19H2. The Hall–Kier alpha value is -3.32. The van der Waals surface area contributed by atoms with E-state index in [0.717, 1.165) is 92.3 Å². The predicted octanol–water partition coefficient (Wildman–Crippen LogP) is 3.92. The van der Waals surface area contributed by atoms with Crippen molar-refractivity contribution in [2.24, 2.45) is 0 Å². The lowest BCUT2D eigenvalue weighted by Crippen LogP contribution is -2.39. The number of nitrogens with zero attached hydrogens (tertiary/aromatic N) is 3. The summed E-state index contributed by atoms with van der Waals surface area (Å²) < 4.78 is 12.8. The highest BCUT2D eigenvalue weighted by Crippen LogP contribution is 2.33. The lowest BCUT2D eigenvalue weighted by molar-refractivity contribution is 0.0713.